The zero-order valence-electron chi connectivity index (χ0n) is 16.7. The molecule has 0 bridgehead atoms. The summed E-state index contributed by atoms with van der Waals surface area (Å²) in [5.74, 6) is 0.647. The Balaban J connectivity index is 0.00000392. The van der Waals surface area contributed by atoms with Gasteiger partial charge in [-0.05, 0) is 50.5 Å². The first-order valence-electron chi connectivity index (χ1n) is 9.47. The van der Waals surface area contributed by atoms with Gasteiger partial charge in [-0.15, -0.1) is 24.0 Å². The monoisotopic (exact) mass is 500 g/mol. The Morgan fingerprint density at radius 2 is 1.96 bits per heavy atom. The van der Waals surface area contributed by atoms with Crippen LogP contribution in [0.15, 0.2) is 47.6 Å². The van der Waals surface area contributed by atoms with Gasteiger partial charge in [-0.1, -0.05) is 25.1 Å². The van der Waals surface area contributed by atoms with Crippen molar-refractivity contribution in [3.05, 3.63) is 59.7 Å². The standard InChI is InChI=1S/C21H29FN4O.HI/c1-4-18(27-20-9-7-6-8-19(20)22)15-26-21(23-5-2)24-13-12-17-11-10-16(3)25-14-17;/h6-11,14,18H,4-5,12-13,15H2,1-3H3,(H2,23,24,26);1H. The molecule has 1 heterocycles. The van der Waals surface area contributed by atoms with E-state index >= 15 is 0 Å². The fourth-order valence-corrected chi connectivity index (χ4v) is 2.48. The first-order chi connectivity index (χ1) is 13.1. The Kier molecular flexibility index (Phi) is 11.5. The number of pyridine rings is 1. The highest BCUT2D eigenvalue weighted by Gasteiger charge is 2.11. The quantitative estimate of drug-likeness (QED) is 0.309. The smallest absolute Gasteiger partial charge is 0.191 e. The van der Waals surface area contributed by atoms with Crippen LogP contribution in [0.3, 0.4) is 0 Å². The van der Waals surface area contributed by atoms with E-state index in [1.165, 1.54) is 11.6 Å². The van der Waals surface area contributed by atoms with E-state index in [0.29, 0.717) is 6.54 Å². The molecule has 0 fully saturated rings. The van der Waals surface area contributed by atoms with Crippen LogP contribution in [0.1, 0.15) is 31.5 Å². The van der Waals surface area contributed by atoms with Crippen molar-refractivity contribution in [2.45, 2.75) is 39.7 Å². The van der Waals surface area contributed by atoms with E-state index in [1.807, 2.05) is 33.0 Å². The minimum atomic E-state index is -0.350. The molecular weight excluding hydrogens is 470 g/mol. The zero-order chi connectivity index (χ0) is 19.5. The van der Waals surface area contributed by atoms with Crippen LogP contribution in [0, 0.1) is 12.7 Å². The predicted octanol–water partition coefficient (Wildman–Crippen LogP) is 4.10. The highest BCUT2D eigenvalue weighted by atomic mass is 127. The summed E-state index contributed by atoms with van der Waals surface area (Å²) in [6, 6.07) is 10.6. The van der Waals surface area contributed by atoms with Crippen LogP contribution in [0.5, 0.6) is 5.75 Å². The maximum absolute atomic E-state index is 13.8. The summed E-state index contributed by atoms with van der Waals surface area (Å²) in [5, 5.41) is 6.55. The lowest BCUT2D eigenvalue weighted by Crippen LogP contribution is -2.39. The molecule has 1 aromatic carbocycles. The molecule has 1 aromatic heterocycles. The van der Waals surface area contributed by atoms with Crippen LogP contribution in [0.25, 0.3) is 0 Å². The van der Waals surface area contributed by atoms with Crippen molar-refractivity contribution in [1.82, 2.24) is 15.6 Å². The van der Waals surface area contributed by atoms with Crippen molar-refractivity contribution in [1.29, 1.82) is 0 Å². The molecule has 7 heteroatoms. The minimum absolute atomic E-state index is 0. The number of rotatable bonds is 9. The molecule has 0 aliphatic rings. The average molecular weight is 500 g/mol. The number of ether oxygens (including phenoxy) is 1. The summed E-state index contributed by atoms with van der Waals surface area (Å²) >= 11 is 0. The van der Waals surface area contributed by atoms with Crippen LogP contribution in [-0.4, -0.2) is 36.7 Å². The van der Waals surface area contributed by atoms with E-state index in [0.717, 1.165) is 37.6 Å². The van der Waals surface area contributed by atoms with Gasteiger partial charge in [-0.3, -0.25) is 4.98 Å². The van der Waals surface area contributed by atoms with E-state index < -0.39 is 0 Å². The molecule has 5 nitrogen and oxygen atoms in total. The van der Waals surface area contributed by atoms with Crippen molar-refractivity contribution in [3.8, 4) is 5.75 Å². The van der Waals surface area contributed by atoms with Gasteiger partial charge in [-0.25, -0.2) is 9.38 Å². The molecule has 0 radical (unpaired) electrons. The van der Waals surface area contributed by atoms with Gasteiger partial charge in [0.1, 0.15) is 6.10 Å². The summed E-state index contributed by atoms with van der Waals surface area (Å²) in [7, 11) is 0. The van der Waals surface area contributed by atoms with Crippen LogP contribution in [0.4, 0.5) is 4.39 Å². The number of guanidine groups is 1. The van der Waals surface area contributed by atoms with Crippen LogP contribution in [-0.2, 0) is 6.42 Å². The molecule has 0 saturated heterocycles. The lowest BCUT2D eigenvalue weighted by atomic mass is 10.2. The van der Waals surface area contributed by atoms with E-state index in [4.69, 9.17) is 4.74 Å². The second kappa shape index (κ2) is 13.3. The first-order valence-corrected chi connectivity index (χ1v) is 9.47. The fourth-order valence-electron chi connectivity index (χ4n) is 2.48. The van der Waals surface area contributed by atoms with Crippen molar-refractivity contribution in [2.75, 3.05) is 19.6 Å². The number of hydrogen-bond acceptors (Lipinski definition) is 3. The second-order valence-electron chi connectivity index (χ2n) is 6.28. The first kappa shape index (κ1) is 24.1. The molecule has 2 rings (SSSR count). The molecule has 0 spiro atoms. The van der Waals surface area contributed by atoms with Crippen molar-refractivity contribution in [3.63, 3.8) is 0 Å². The molecule has 1 atom stereocenters. The number of aliphatic imine (C=N–C) groups is 1. The molecule has 28 heavy (non-hydrogen) atoms. The van der Waals surface area contributed by atoms with Gasteiger partial charge in [0.15, 0.2) is 17.5 Å². The highest BCUT2D eigenvalue weighted by molar-refractivity contribution is 14.0. The van der Waals surface area contributed by atoms with Gasteiger partial charge in [0, 0.05) is 25.0 Å². The number of aromatic nitrogens is 1. The predicted molar refractivity (Wildman–Crippen MR) is 123 cm³/mol. The van der Waals surface area contributed by atoms with E-state index in [9.17, 15) is 4.39 Å². The van der Waals surface area contributed by atoms with Gasteiger partial charge < -0.3 is 15.4 Å². The minimum Gasteiger partial charge on any atom is -0.485 e. The molecular formula is C21H30FIN4O. The Morgan fingerprint density at radius 3 is 2.61 bits per heavy atom. The summed E-state index contributed by atoms with van der Waals surface area (Å²) in [6.07, 6.45) is 3.32. The SMILES string of the molecule is CCNC(=NCC(CC)Oc1ccccc1F)NCCc1ccc(C)nc1.I. The summed E-state index contributed by atoms with van der Waals surface area (Å²) in [6.45, 7) is 7.97. The second-order valence-corrected chi connectivity index (χ2v) is 6.28. The third-order valence-corrected chi connectivity index (χ3v) is 4.06. The largest absolute Gasteiger partial charge is 0.485 e. The molecule has 2 N–H and O–H groups in total. The normalized spacial score (nSPS) is 12.1. The lowest BCUT2D eigenvalue weighted by molar-refractivity contribution is 0.196. The number of hydrogen-bond donors (Lipinski definition) is 2. The molecule has 154 valence electrons. The average Bonchev–Trinajstić information content (AvgIpc) is 2.68. The summed E-state index contributed by atoms with van der Waals surface area (Å²) in [5.41, 5.74) is 2.19. The van der Waals surface area contributed by atoms with Gasteiger partial charge in [-0.2, -0.15) is 0 Å². The number of nitrogens with one attached hydrogen (secondary N) is 2. The van der Waals surface area contributed by atoms with Gasteiger partial charge in [0.2, 0.25) is 0 Å². The topological polar surface area (TPSA) is 58.5 Å². The molecule has 0 amide bonds. The van der Waals surface area contributed by atoms with E-state index in [-0.39, 0.29) is 41.6 Å². The van der Waals surface area contributed by atoms with E-state index in [1.54, 1.807) is 18.2 Å². The number of para-hydroxylation sites is 1. The molecule has 1 unspecified atom stereocenters. The fraction of sp³-hybridized carbons (Fsp3) is 0.429. The lowest BCUT2D eigenvalue weighted by Gasteiger charge is -2.17. The number of benzene rings is 1. The van der Waals surface area contributed by atoms with E-state index in [2.05, 4.69) is 26.7 Å². The third kappa shape index (κ3) is 8.41. The zero-order valence-corrected chi connectivity index (χ0v) is 19.1. The van der Waals surface area contributed by atoms with Crippen LogP contribution >= 0.6 is 24.0 Å². The summed E-state index contributed by atoms with van der Waals surface area (Å²) < 4.78 is 19.5. The molecule has 2 aromatic rings. The maximum Gasteiger partial charge on any atom is 0.191 e. The van der Waals surface area contributed by atoms with Crippen molar-refractivity contribution >= 4 is 29.9 Å². The Hall–Kier alpha value is -1.90. The Bertz CT molecular complexity index is 725. The van der Waals surface area contributed by atoms with Crippen molar-refractivity contribution in [2.24, 2.45) is 4.99 Å². The van der Waals surface area contributed by atoms with Crippen LogP contribution in [0.2, 0.25) is 0 Å². The molecule has 0 aliphatic heterocycles. The van der Waals surface area contributed by atoms with Gasteiger partial charge in [0.05, 0.1) is 6.54 Å². The Morgan fingerprint density at radius 1 is 1.18 bits per heavy atom. The maximum atomic E-state index is 13.8. The van der Waals surface area contributed by atoms with Gasteiger partial charge >= 0.3 is 0 Å². The molecule has 0 saturated carbocycles. The number of aryl methyl sites for hydroxylation is 1. The molecule has 0 aliphatic carbocycles. The van der Waals surface area contributed by atoms with Crippen LogP contribution < -0.4 is 15.4 Å². The number of halogens is 2. The summed E-state index contributed by atoms with van der Waals surface area (Å²) in [4.78, 5) is 8.90. The van der Waals surface area contributed by atoms with Gasteiger partial charge in [0.25, 0.3) is 0 Å². The third-order valence-electron chi connectivity index (χ3n) is 4.06. The number of nitrogens with zero attached hydrogens (tertiary/aromatic N) is 2. The highest BCUT2D eigenvalue weighted by Crippen LogP contribution is 2.18. The Labute approximate surface area is 184 Å². The van der Waals surface area contributed by atoms with Crippen molar-refractivity contribution < 1.29 is 9.13 Å².